The molecule has 0 saturated heterocycles. The number of anilines is 2. The average molecular weight is 276 g/mol. The lowest BCUT2D eigenvalue weighted by Crippen LogP contribution is -2.14. The summed E-state index contributed by atoms with van der Waals surface area (Å²) in [6, 6.07) is 11.3. The van der Waals surface area contributed by atoms with Gasteiger partial charge in [0.1, 0.15) is 16.6 Å². The number of benzene rings is 2. The number of phenols is 1. The SMILES string of the molecule is CN(c1cccc(O)c1)c1ccc(C(N)=S)c(F)c1. The molecule has 0 aromatic heterocycles. The van der Waals surface area contributed by atoms with Crippen molar-refractivity contribution in [2.45, 2.75) is 0 Å². The van der Waals surface area contributed by atoms with Gasteiger partial charge in [-0.05, 0) is 30.3 Å². The van der Waals surface area contributed by atoms with E-state index in [0.717, 1.165) is 5.69 Å². The molecule has 2 rings (SSSR count). The van der Waals surface area contributed by atoms with Crippen LogP contribution in [0.5, 0.6) is 5.75 Å². The third-order valence-corrected chi connectivity index (χ3v) is 3.04. The zero-order valence-electron chi connectivity index (χ0n) is 10.3. The van der Waals surface area contributed by atoms with E-state index in [4.69, 9.17) is 18.0 Å². The van der Waals surface area contributed by atoms with E-state index in [1.807, 2.05) is 6.07 Å². The zero-order chi connectivity index (χ0) is 14.0. The molecule has 0 spiro atoms. The Labute approximate surface area is 116 Å². The maximum Gasteiger partial charge on any atom is 0.135 e. The number of hydrogen-bond donors (Lipinski definition) is 2. The first-order chi connectivity index (χ1) is 8.99. The molecule has 0 atom stereocenters. The van der Waals surface area contributed by atoms with Crippen LogP contribution in [-0.2, 0) is 0 Å². The molecule has 0 amide bonds. The number of rotatable bonds is 3. The van der Waals surface area contributed by atoms with Gasteiger partial charge in [-0.25, -0.2) is 4.39 Å². The van der Waals surface area contributed by atoms with Crippen LogP contribution >= 0.6 is 12.2 Å². The fraction of sp³-hybridized carbons (Fsp3) is 0.0714. The highest BCUT2D eigenvalue weighted by atomic mass is 32.1. The predicted molar refractivity (Wildman–Crippen MR) is 78.5 cm³/mol. The first-order valence-electron chi connectivity index (χ1n) is 5.61. The van der Waals surface area contributed by atoms with Gasteiger partial charge in [-0.3, -0.25) is 0 Å². The third kappa shape index (κ3) is 2.82. The summed E-state index contributed by atoms with van der Waals surface area (Å²) in [5.41, 5.74) is 7.04. The van der Waals surface area contributed by atoms with Gasteiger partial charge in [-0.1, -0.05) is 18.3 Å². The summed E-state index contributed by atoms with van der Waals surface area (Å²) in [6.07, 6.45) is 0. The third-order valence-electron chi connectivity index (χ3n) is 2.82. The first kappa shape index (κ1) is 13.3. The summed E-state index contributed by atoms with van der Waals surface area (Å²) in [6.45, 7) is 0. The van der Waals surface area contributed by atoms with Gasteiger partial charge in [0.2, 0.25) is 0 Å². The molecular formula is C14H13FN2OS. The minimum atomic E-state index is -0.461. The Bertz CT molecular complexity index is 631. The number of phenolic OH excluding ortho intramolecular Hbond substituents is 1. The van der Waals surface area contributed by atoms with E-state index in [1.165, 1.54) is 6.07 Å². The smallest absolute Gasteiger partial charge is 0.135 e. The van der Waals surface area contributed by atoms with Crippen LogP contribution in [-0.4, -0.2) is 17.1 Å². The van der Waals surface area contributed by atoms with Crippen LogP contribution < -0.4 is 10.6 Å². The number of aromatic hydroxyl groups is 1. The molecule has 3 N–H and O–H groups in total. The largest absolute Gasteiger partial charge is 0.508 e. The van der Waals surface area contributed by atoms with Crippen molar-refractivity contribution in [2.75, 3.05) is 11.9 Å². The Hall–Kier alpha value is -2.14. The highest BCUT2D eigenvalue weighted by molar-refractivity contribution is 7.80. The second kappa shape index (κ2) is 5.24. The van der Waals surface area contributed by atoms with Crippen molar-refractivity contribution in [3.63, 3.8) is 0 Å². The average Bonchev–Trinajstić information content (AvgIpc) is 2.37. The molecule has 0 aliphatic rings. The minimum absolute atomic E-state index is 0.0315. The first-order valence-corrected chi connectivity index (χ1v) is 6.02. The van der Waals surface area contributed by atoms with Crippen molar-refractivity contribution in [2.24, 2.45) is 5.73 Å². The van der Waals surface area contributed by atoms with Gasteiger partial charge in [-0.2, -0.15) is 0 Å². The summed E-state index contributed by atoms with van der Waals surface area (Å²) >= 11 is 4.76. The fourth-order valence-electron chi connectivity index (χ4n) is 1.76. The maximum absolute atomic E-state index is 13.8. The Balaban J connectivity index is 2.37. The van der Waals surface area contributed by atoms with Gasteiger partial charge < -0.3 is 15.7 Å². The normalized spacial score (nSPS) is 10.2. The minimum Gasteiger partial charge on any atom is -0.508 e. The van der Waals surface area contributed by atoms with Gasteiger partial charge in [0.05, 0.1) is 0 Å². The summed E-state index contributed by atoms with van der Waals surface area (Å²) in [4.78, 5) is 1.79. The van der Waals surface area contributed by atoms with Crippen LogP contribution in [0.3, 0.4) is 0 Å². The van der Waals surface area contributed by atoms with Crippen LogP contribution in [0.2, 0.25) is 0 Å². The number of hydrogen-bond acceptors (Lipinski definition) is 3. The van der Waals surface area contributed by atoms with E-state index in [0.29, 0.717) is 5.69 Å². The number of nitrogens with two attached hydrogens (primary N) is 1. The van der Waals surface area contributed by atoms with E-state index in [1.54, 1.807) is 42.3 Å². The topological polar surface area (TPSA) is 49.5 Å². The Morgan fingerprint density at radius 2 is 1.89 bits per heavy atom. The number of halogens is 1. The van der Waals surface area contributed by atoms with E-state index >= 15 is 0 Å². The summed E-state index contributed by atoms with van der Waals surface area (Å²) in [5, 5.41) is 9.45. The Kier molecular flexibility index (Phi) is 3.66. The van der Waals surface area contributed by atoms with Gasteiger partial charge >= 0.3 is 0 Å². The lowest BCUT2D eigenvalue weighted by atomic mass is 10.1. The zero-order valence-corrected chi connectivity index (χ0v) is 11.1. The molecule has 0 radical (unpaired) electrons. The van der Waals surface area contributed by atoms with E-state index in [-0.39, 0.29) is 16.3 Å². The lowest BCUT2D eigenvalue weighted by Gasteiger charge is -2.20. The van der Waals surface area contributed by atoms with Gasteiger partial charge in [0.15, 0.2) is 0 Å². The van der Waals surface area contributed by atoms with Crippen LogP contribution in [0.1, 0.15) is 5.56 Å². The van der Waals surface area contributed by atoms with Crippen molar-refractivity contribution >= 4 is 28.6 Å². The molecule has 19 heavy (non-hydrogen) atoms. The molecule has 98 valence electrons. The quantitative estimate of drug-likeness (QED) is 0.846. The van der Waals surface area contributed by atoms with Crippen molar-refractivity contribution < 1.29 is 9.50 Å². The van der Waals surface area contributed by atoms with Crippen molar-refractivity contribution in [1.29, 1.82) is 0 Å². The molecule has 2 aromatic carbocycles. The Morgan fingerprint density at radius 1 is 1.21 bits per heavy atom. The van der Waals surface area contributed by atoms with Crippen LogP contribution in [0.15, 0.2) is 42.5 Å². The van der Waals surface area contributed by atoms with Gasteiger partial charge in [0.25, 0.3) is 0 Å². The van der Waals surface area contributed by atoms with E-state index in [9.17, 15) is 9.50 Å². The molecular weight excluding hydrogens is 263 g/mol. The van der Waals surface area contributed by atoms with Crippen LogP contribution in [0.4, 0.5) is 15.8 Å². The maximum atomic E-state index is 13.8. The van der Waals surface area contributed by atoms with Crippen molar-refractivity contribution in [3.8, 4) is 5.75 Å². The highest BCUT2D eigenvalue weighted by Gasteiger charge is 2.10. The standard InChI is InChI=1S/C14H13FN2OS/c1-17(9-3-2-4-11(18)7-9)10-5-6-12(14(16)19)13(15)8-10/h2-8,18H,1H3,(H2,16,19). The van der Waals surface area contributed by atoms with Crippen molar-refractivity contribution in [1.82, 2.24) is 0 Å². The number of thiocarbonyl (C=S) groups is 1. The molecule has 5 heteroatoms. The molecule has 0 fully saturated rings. The molecule has 0 saturated carbocycles. The fourth-order valence-corrected chi connectivity index (χ4v) is 1.93. The van der Waals surface area contributed by atoms with Gasteiger partial charge in [-0.15, -0.1) is 0 Å². The second-order valence-corrected chi connectivity index (χ2v) is 4.55. The Morgan fingerprint density at radius 3 is 2.47 bits per heavy atom. The van der Waals surface area contributed by atoms with Crippen molar-refractivity contribution in [3.05, 3.63) is 53.8 Å². The van der Waals surface area contributed by atoms with Crippen LogP contribution in [0, 0.1) is 5.82 Å². The second-order valence-electron chi connectivity index (χ2n) is 4.11. The van der Waals surface area contributed by atoms with Gasteiger partial charge in [0, 0.05) is 30.1 Å². The summed E-state index contributed by atoms with van der Waals surface area (Å²) in [7, 11) is 1.78. The highest BCUT2D eigenvalue weighted by Crippen LogP contribution is 2.27. The van der Waals surface area contributed by atoms with E-state index in [2.05, 4.69) is 0 Å². The monoisotopic (exact) mass is 276 g/mol. The molecule has 0 aliphatic carbocycles. The molecule has 2 aromatic rings. The molecule has 0 unspecified atom stereocenters. The molecule has 3 nitrogen and oxygen atoms in total. The molecule has 0 bridgehead atoms. The number of nitrogens with zero attached hydrogens (tertiary/aromatic N) is 1. The van der Waals surface area contributed by atoms with Crippen LogP contribution in [0.25, 0.3) is 0 Å². The summed E-state index contributed by atoms with van der Waals surface area (Å²) in [5.74, 6) is -0.304. The molecule has 0 heterocycles. The summed E-state index contributed by atoms with van der Waals surface area (Å²) < 4.78 is 13.8. The predicted octanol–water partition coefficient (Wildman–Crippen LogP) is 2.93. The van der Waals surface area contributed by atoms with E-state index < -0.39 is 5.82 Å². The lowest BCUT2D eigenvalue weighted by molar-refractivity contribution is 0.475. The molecule has 0 aliphatic heterocycles.